The van der Waals surface area contributed by atoms with Gasteiger partial charge in [-0.15, -0.1) is 0 Å². The van der Waals surface area contributed by atoms with Gasteiger partial charge in [-0.05, 0) is 112 Å². The molecule has 0 atom stereocenters. The first-order valence-corrected chi connectivity index (χ1v) is 14.2. The topological polar surface area (TPSA) is 0 Å². The molecule has 0 saturated heterocycles. The van der Waals surface area contributed by atoms with Crippen molar-refractivity contribution in [2.75, 3.05) is 0 Å². The molecule has 0 heteroatoms. The minimum Gasteiger partial charge on any atom is -0.0683 e. The van der Waals surface area contributed by atoms with Gasteiger partial charge in [0.25, 0.3) is 0 Å². The molecule has 4 rings (SSSR count). The first-order chi connectivity index (χ1) is 15.1. The minimum atomic E-state index is 0.840. The fourth-order valence-electron chi connectivity index (χ4n) is 6.61. The molecule has 3 fully saturated rings. The van der Waals surface area contributed by atoms with E-state index in [2.05, 4.69) is 52.0 Å². The Kier molecular flexibility index (Phi) is 12.3. The summed E-state index contributed by atoms with van der Waals surface area (Å²) >= 11 is 0. The van der Waals surface area contributed by atoms with Crippen LogP contribution < -0.4 is 0 Å². The summed E-state index contributed by atoms with van der Waals surface area (Å²) in [6, 6.07) is 9.37. The molecular weight excluding hydrogens is 372 g/mol. The number of hydrogen-bond donors (Lipinski definition) is 0. The maximum Gasteiger partial charge on any atom is -0.0162 e. The molecule has 0 unspecified atom stereocenters. The van der Waals surface area contributed by atoms with E-state index in [9.17, 15) is 0 Å². The Morgan fingerprint density at radius 3 is 1.29 bits per heavy atom. The van der Waals surface area contributed by atoms with Crippen molar-refractivity contribution < 1.29 is 0 Å². The number of aryl methyl sites for hydroxylation is 1. The highest BCUT2D eigenvalue weighted by Gasteiger charge is 2.34. The maximum atomic E-state index is 2.46. The Morgan fingerprint density at radius 2 is 0.903 bits per heavy atom. The average Bonchev–Trinajstić information content (AvgIpc) is 2.82. The summed E-state index contributed by atoms with van der Waals surface area (Å²) in [5.41, 5.74) is 3.00. The number of hydrogen-bond acceptors (Lipinski definition) is 0. The second-order valence-corrected chi connectivity index (χ2v) is 10.9. The molecule has 3 saturated carbocycles. The van der Waals surface area contributed by atoms with E-state index in [1.807, 2.05) is 13.8 Å². The predicted octanol–water partition coefficient (Wildman–Crippen LogP) is 10.3. The first-order valence-electron chi connectivity index (χ1n) is 14.2. The van der Waals surface area contributed by atoms with Gasteiger partial charge in [-0.3, -0.25) is 0 Å². The van der Waals surface area contributed by atoms with Gasteiger partial charge in [0, 0.05) is 0 Å². The quantitative estimate of drug-likeness (QED) is 0.451. The highest BCUT2D eigenvalue weighted by Crippen LogP contribution is 2.47. The highest BCUT2D eigenvalue weighted by molar-refractivity contribution is 5.24. The molecule has 0 aliphatic heterocycles. The van der Waals surface area contributed by atoms with Gasteiger partial charge in [-0.2, -0.15) is 0 Å². The lowest BCUT2D eigenvalue weighted by Gasteiger charge is -2.41. The standard InChI is InChI=1S/C26H40.C3H8.C2H6/c1-19-3-7-21(8-4-19)23-11-15-25(16-12-23)26-17-13-24(14-18-26)22-9-5-20(2)6-10-22;1-3-2;1-2/h3-4,7-8,20,22-26H,5-6,9-18H2,1-2H3;3H2,1-2H3;1-2H3. The van der Waals surface area contributed by atoms with E-state index in [4.69, 9.17) is 0 Å². The van der Waals surface area contributed by atoms with Gasteiger partial charge in [0.15, 0.2) is 0 Å². The van der Waals surface area contributed by atoms with Crippen molar-refractivity contribution >= 4 is 0 Å². The van der Waals surface area contributed by atoms with Crippen molar-refractivity contribution in [3.8, 4) is 0 Å². The zero-order valence-electron chi connectivity index (χ0n) is 22.0. The van der Waals surface area contributed by atoms with Crippen LogP contribution in [0, 0.1) is 36.5 Å². The van der Waals surface area contributed by atoms with Crippen molar-refractivity contribution in [1.82, 2.24) is 0 Å². The second-order valence-electron chi connectivity index (χ2n) is 10.9. The molecule has 178 valence electrons. The fraction of sp³-hybridized carbons (Fsp3) is 0.806. The van der Waals surface area contributed by atoms with Crippen LogP contribution in [0.3, 0.4) is 0 Å². The van der Waals surface area contributed by atoms with Crippen LogP contribution >= 0.6 is 0 Å². The summed E-state index contributed by atoms with van der Waals surface area (Å²) in [6.07, 6.45) is 19.4. The van der Waals surface area contributed by atoms with Crippen LogP contribution in [-0.2, 0) is 0 Å². The SMILES string of the molecule is CC.CCC.Cc1ccc(C2CCC(C3CCC(C4CCC(C)CC4)CC3)CC2)cc1. The molecule has 31 heavy (non-hydrogen) atoms. The van der Waals surface area contributed by atoms with Gasteiger partial charge >= 0.3 is 0 Å². The van der Waals surface area contributed by atoms with E-state index in [1.54, 1.807) is 31.2 Å². The van der Waals surface area contributed by atoms with Gasteiger partial charge in [0.05, 0.1) is 0 Å². The first kappa shape index (κ1) is 26.5. The molecule has 0 aromatic heterocycles. The molecule has 1 aromatic rings. The lowest BCUT2D eigenvalue weighted by atomic mass is 9.65. The molecule has 0 N–H and O–H groups in total. The molecule has 0 bridgehead atoms. The second kappa shape index (κ2) is 14.4. The van der Waals surface area contributed by atoms with Gasteiger partial charge in [-0.1, -0.05) is 83.7 Å². The minimum absolute atomic E-state index is 0.840. The monoisotopic (exact) mass is 426 g/mol. The molecule has 3 aliphatic carbocycles. The lowest BCUT2D eigenvalue weighted by molar-refractivity contribution is 0.112. The highest BCUT2D eigenvalue weighted by atomic mass is 14.4. The molecule has 1 aromatic carbocycles. The van der Waals surface area contributed by atoms with Gasteiger partial charge < -0.3 is 0 Å². The zero-order chi connectivity index (χ0) is 22.6. The van der Waals surface area contributed by atoms with Crippen LogP contribution in [0.5, 0.6) is 0 Å². The van der Waals surface area contributed by atoms with E-state index >= 15 is 0 Å². The third-order valence-electron chi connectivity index (χ3n) is 8.53. The van der Waals surface area contributed by atoms with Gasteiger partial charge in [0.1, 0.15) is 0 Å². The van der Waals surface area contributed by atoms with Crippen LogP contribution in [0.1, 0.15) is 135 Å². The average molecular weight is 427 g/mol. The third kappa shape index (κ3) is 8.25. The van der Waals surface area contributed by atoms with Crippen LogP contribution in [-0.4, -0.2) is 0 Å². The van der Waals surface area contributed by atoms with Gasteiger partial charge in [0.2, 0.25) is 0 Å². The van der Waals surface area contributed by atoms with E-state index in [1.165, 1.54) is 63.4 Å². The molecule has 3 aliphatic rings. The van der Waals surface area contributed by atoms with Crippen molar-refractivity contribution in [2.24, 2.45) is 29.6 Å². The van der Waals surface area contributed by atoms with Crippen molar-refractivity contribution in [1.29, 1.82) is 0 Å². The van der Waals surface area contributed by atoms with Crippen LogP contribution in [0.2, 0.25) is 0 Å². The lowest BCUT2D eigenvalue weighted by Crippen LogP contribution is -2.29. The maximum absolute atomic E-state index is 2.46. The van der Waals surface area contributed by atoms with E-state index in [-0.39, 0.29) is 0 Å². The van der Waals surface area contributed by atoms with E-state index in [0.717, 1.165) is 35.5 Å². The smallest absolute Gasteiger partial charge is 0.0162 e. The summed E-state index contributed by atoms with van der Waals surface area (Å²) in [7, 11) is 0. The summed E-state index contributed by atoms with van der Waals surface area (Å²) in [5.74, 6) is 6.13. The summed E-state index contributed by atoms with van der Waals surface area (Å²) < 4.78 is 0. The molecular formula is C31H54. The third-order valence-corrected chi connectivity index (χ3v) is 8.53. The van der Waals surface area contributed by atoms with Crippen molar-refractivity contribution in [2.45, 2.75) is 131 Å². The Labute approximate surface area is 196 Å². The van der Waals surface area contributed by atoms with Crippen LogP contribution in [0.25, 0.3) is 0 Å². The van der Waals surface area contributed by atoms with Gasteiger partial charge in [-0.25, -0.2) is 0 Å². The van der Waals surface area contributed by atoms with E-state index in [0.29, 0.717) is 0 Å². The predicted molar refractivity (Wildman–Crippen MR) is 140 cm³/mol. The van der Waals surface area contributed by atoms with Crippen LogP contribution in [0.15, 0.2) is 24.3 Å². The van der Waals surface area contributed by atoms with Crippen molar-refractivity contribution in [3.05, 3.63) is 35.4 Å². The molecule has 0 amide bonds. The number of benzene rings is 1. The summed E-state index contributed by atoms with van der Waals surface area (Å²) in [5, 5.41) is 0. The molecule has 0 spiro atoms. The summed E-state index contributed by atoms with van der Waals surface area (Å²) in [6.45, 7) is 12.9. The van der Waals surface area contributed by atoms with Crippen LogP contribution in [0.4, 0.5) is 0 Å². The Bertz CT molecular complexity index is 546. The fourth-order valence-corrected chi connectivity index (χ4v) is 6.61. The Morgan fingerprint density at radius 1 is 0.581 bits per heavy atom. The Balaban J connectivity index is 0.000000630. The normalized spacial score (nSPS) is 33.4. The zero-order valence-corrected chi connectivity index (χ0v) is 22.0. The molecule has 0 radical (unpaired) electrons. The summed E-state index contributed by atoms with van der Waals surface area (Å²) in [4.78, 5) is 0. The Hall–Kier alpha value is -0.780. The largest absolute Gasteiger partial charge is 0.0683 e. The van der Waals surface area contributed by atoms with Crippen molar-refractivity contribution in [3.63, 3.8) is 0 Å². The number of rotatable bonds is 3. The molecule has 0 heterocycles. The molecule has 0 nitrogen and oxygen atoms in total. The van der Waals surface area contributed by atoms with E-state index < -0.39 is 0 Å².